The monoisotopic (exact) mass is 229 g/mol. The van der Waals surface area contributed by atoms with Gasteiger partial charge in [-0.05, 0) is 24.6 Å². The summed E-state index contributed by atoms with van der Waals surface area (Å²) >= 11 is 0. The van der Waals surface area contributed by atoms with Gasteiger partial charge in [-0.25, -0.2) is 0 Å². The Morgan fingerprint density at radius 3 is 2.69 bits per heavy atom. The average Bonchev–Trinajstić information content (AvgIpc) is 2.24. The first-order valence-corrected chi connectivity index (χ1v) is 5.02. The van der Waals surface area contributed by atoms with Gasteiger partial charge in [0, 0.05) is 6.54 Å². The molecule has 0 spiro atoms. The molecule has 1 nitrogen and oxygen atoms in total. The molecule has 4 heteroatoms. The zero-order valence-electron chi connectivity index (χ0n) is 8.85. The molecule has 1 aromatic rings. The van der Waals surface area contributed by atoms with Crippen molar-refractivity contribution in [3.8, 4) is 0 Å². The first kappa shape index (κ1) is 12.8. The van der Waals surface area contributed by atoms with Gasteiger partial charge in [0.15, 0.2) is 0 Å². The molecule has 0 aliphatic carbocycles. The van der Waals surface area contributed by atoms with E-state index in [0.717, 1.165) is 19.0 Å². The van der Waals surface area contributed by atoms with Gasteiger partial charge in [0.25, 0.3) is 0 Å². The molecule has 1 N–H and O–H groups in total. The number of hydrogen-bond acceptors (Lipinski definition) is 1. The van der Waals surface area contributed by atoms with Crippen molar-refractivity contribution >= 4 is 0 Å². The van der Waals surface area contributed by atoms with E-state index in [1.807, 2.05) is 0 Å². The Morgan fingerprint density at radius 2 is 2.06 bits per heavy atom. The van der Waals surface area contributed by atoms with Gasteiger partial charge in [-0.1, -0.05) is 24.3 Å². The molecule has 0 heterocycles. The molecule has 88 valence electrons. The van der Waals surface area contributed by atoms with Crippen LogP contribution in [0.3, 0.4) is 0 Å². The Bertz CT molecular complexity index is 344. The first-order chi connectivity index (χ1) is 7.54. The van der Waals surface area contributed by atoms with Crippen LogP contribution in [0.4, 0.5) is 13.2 Å². The summed E-state index contributed by atoms with van der Waals surface area (Å²) in [6.07, 6.45) is -1.70. The highest BCUT2D eigenvalue weighted by Crippen LogP contribution is 2.29. The van der Waals surface area contributed by atoms with Crippen molar-refractivity contribution in [3.05, 3.63) is 48.0 Å². The van der Waals surface area contributed by atoms with E-state index in [1.165, 1.54) is 12.1 Å². The fraction of sp³-hybridized carbons (Fsp3) is 0.333. The third-order valence-corrected chi connectivity index (χ3v) is 2.11. The predicted molar refractivity (Wildman–Crippen MR) is 58.0 cm³/mol. The fourth-order valence-electron chi connectivity index (χ4n) is 1.29. The van der Waals surface area contributed by atoms with Crippen LogP contribution in [0, 0.1) is 0 Å². The minimum Gasteiger partial charge on any atom is -0.312 e. The normalized spacial score (nSPS) is 11.4. The summed E-state index contributed by atoms with van der Waals surface area (Å²) in [5.41, 5.74) is 0.0365. The minimum absolute atomic E-state index is 0.442. The van der Waals surface area contributed by atoms with Crippen molar-refractivity contribution < 1.29 is 13.2 Å². The van der Waals surface area contributed by atoms with Gasteiger partial charge in [0.05, 0.1) is 5.56 Å². The van der Waals surface area contributed by atoms with Crippen molar-refractivity contribution in [2.45, 2.75) is 19.1 Å². The highest BCUT2D eigenvalue weighted by atomic mass is 19.4. The third-order valence-electron chi connectivity index (χ3n) is 2.11. The largest absolute Gasteiger partial charge is 0.416 e. The second-order valence-electron chi connectivity index (χ2n) is 3.45. The number of benzene rings is 1. The highest BCUT2D eigenvalue weighted by Gasteiger charge is 2.30. The second-order valence-corrected chi connectivity index (χ2v) is 3.45. The third kappa shape index (κ3) is 4.06. The van der Waals surface area contributed by atoms with Crippen LogP contribution in [0.5, 0.6) is 0 Å². The number of rotatable bonds is 5. The van der Waals surface area contributed by atoms with Crippen LogP contribution in [0.1, 0.15) is 17.5 Å². The lowest BCUT2D eigenvalue weighted by molar-refractivity contribution is -0.137. The first-order valence-electron chi connectivity index (χ1n) is 5.02. The molecule has 0 bridgehead atoms. The lowest BCUT2D eigenvalue weighted by Gasteiger charge is -2.09. The number of halogens is 3. The molecule has 16 heavy (non-hydrogen) atoms. The zero-order chi connectivity index (χ0) is 12.0. The SMILES string of the molecule is C=CCCNCc1cccc(C(F)(F)F)c1. The molecule has 0 unspecified atom stereocenters. The van der Waals surface area contributed by atoms with Crippen molar-refractivity contribution in [1.29, 1.82) is 0 Å². The molecular weight excluding hydrogens is 215 g/mol. The van der Waals surface area contributed by atoms with Crippen LogP contribution in [0.25, 0.3) is 0 Å². The highest BCUT2D eigenvalue weighted by molar-refractivity contribution is 5.25. The molecule has 0 aliphatic heterocycles. The molecule has 0 radical (unpaired) electrons. The molecule has 0 aromatic heterocycles. The minimum atomic E-state index is -4.27. The van der Waals surface area contributed by atoms with Gasteiger partial charge in [0.2, 0.25) is 0 Å². The van der Waals surface area contributed by atoms with Gasteiger partial charge >= 0.3 is 6.18 Å². The lowest BCUT2D eigenvalue weighted by Crippen LogP contribution is -2.14. The summed E-state index contributed by atoms with van der Waals surface area (Å²) in [5, 5.41) is 3.04. The van der Waals surface area contributed by atoms with E-state index in [0.29, 0.717) is 12.1 Å². The summed E-state index contributed by atoms with van der Waals surface area (Å²) in [6, 6.07) is 5.34. The van der Waals surface area contributed by atoms with Crippen LogP contribution in [-0.2, 0) is 12.7 Å². The Labute approximate surface area is 93.0 Å². The van der Waals surface area contributed by atoms with Gasteiger partial charge in [0.1, 0.15) is 0 Å². The van der Waals surface area contributed by atoms with Crippen LogP contribution in [0.2, 0.25) is 0 Å². The van der Waals surface area contributed by atoms with E-state index in [1.54, 1.807) is 12.1 Å². The van der Waals surface area contributed by atoms with Gasteiger partial charge in [-0.15, -0.1) is 6.58 Å². The summed E-state index contributed by atoms with van der Waals surface area (Å²) in [5.74, 6) is 0. The smallest absolute Gasteiger partial charge is 0.312 e. The quantitative estimate of drug-likeness (QED) is 0.603. The van der Waals surface area contributed by atoms with Crippen molar-refractivity contribution in [3.63, 3.8) is 0 Å². The number of hydrogen-bond donors (Lipinski definition) is 1. The molecule has 1 aromatic carbocycles. The zero-order valence-corrected chi connectivity index (χ0v) is 8.85. The van der Waals surface area contributed by atoms with Crippen LogP contribution < -0.4 is 5.32 Å². The van der Waals surface area contributed by atoms with Gasteiger partial charge in [-0.3, -0.25) is 0 Å². The standard InChI is InChI=1S/C12H14F3N/c1-2-3-7-16-9-10-5-4-6-11(8-10)12(13,14)15/h2,4-6,8,16H,1,3,7,9H2. The molecule has 0 aliphatic rings. The summed E-state index contributed by atoms with van der Waals surface area (Å²) in [6.45, 7) is 4.73. The average molecular weight is 229 g/mol. The van der Waals surface area contributed by atoms with Crippen LogP contribution in [-0.4, -0.2) is 6.54 Å². The van der Waals surface area contributed by atoms with Crippen LogP contribution >= 0.6 is 0 Å². The maximum Gasteiger partial charge on any atom is 0.416 e. The molecule has 0 amide bonds. The van der Waals surface area contributed by atoms with E-state index >= 15 is 0 Å². The molecule has 0 fully saturated rings. The molecule has 0 saturated carbocycles. The van der Waals surface area contributed by atoms with E-state index in [2.05, 4.69) is 11.9 Å². The summed E-state index contributed by atoms with van der Waals surface area (Å²) < 4.78 is 37.1. The lowest BCUT2D eigenvalue weighted by atomic mass is 10.1. The van der Waals surface area contributed by atoms with E-state index < -0.39 is 11.7 Å². The Balaban J connectivity index is 2.57. The summed E-state index contributed by atoms with van der Waals surface area (Å²) in [7, 11) is 0. The van der Waals surface area contributed by atoms with Crippen LogP contribution in [0.15, 0.2) is 36.9 Å². The second kappa shape index (κ2) is 5.70. The number of alkyl halides is 3. The summed E-state index contributed by atoms with van der Waals surface area (Å²) in [4.78, 5) is 0. The maximum absolute atomic E-state index is 12.4. The Hall–Kier alpha value is -1.29. The van der Waals surface area contributed by atoms with Crippen molar-refractivity contribution in [1.82, 2.24) is 5.32 Å². The van der Waals surface area contributed by atoms with Gasteiger partial charge in [-0.2, -0.15) is 13.2 Å². The van der Waals surface area contributed by atoms with E-state index in [4.69, 9.17) is 0 Å². The fourth-order valence-corrected chi connectivity index (χ4v) is 1.29. The van der Waals surface area contributed by atoms with E-state index in [-0.39, 0.29) is 0 Å². The predicted octanol–water partition coefficient (Wildman–Crippen LogP) is 3.37. The maximum atomic E-state index is 12.4. The van der Waals surface area contributed by atoms with E-state index in [9.17, 15) is 13.2 Å². The van der Waals surface area contributed by atoms with Crippen molar-refractivity contribution in [2.75, 3.05) is 6.54 Å². The molecule has 1 rings (SSSR count). The van der Waals surface area contributed by atoms with Gasteiger partial charge < -0.3 is 5.32 Å². The molecule has 0 atom stereocenters. The number of nitrogens with one attached hydrogen (secondary N) is 1. The Kier molecular flexibility index (Phi) is 4.55. The Morgan fingerprint density at radius 1 is 1.31 bits per heavy atom. The molecular formula is C12H14F3N. The van der Waals surface area contributed by atoms with Crippen molar-refractivity contribution in [2.24, 2.45) is 0 Å². The molecule has 0 saturated heterocycles. The topological polar surface area (TPSA) is 12.0 Å².